The molecule has 1 N–H and O–H groups in total. The molecule has 0 bridgehead atoms. The maximum Gasteiger partial charge on any atom is 0.261 e. The average Bonchev–Trinajstić information content (AvgIpc) is 1.94. The van der Waals surface area contributed by atoms with E-state index >= 15 is 0 Å². The molecule has 11 heavy (non-hydrogen) atoms. The van der Waals surface area contributed by atoms with Crippen LogP contribution in [-0.4, -0.2) is 34.3 Å². The zero-order valence-electron chi connectivity index (χ0n) is 6.74. The summed E-state index contributed by atoms with van der Waals surface area (Å²) in [6.07, 6.45) is 3.17. The second-order valence-corrected chi connectivity index (χ2v) is 2.89. The Morgan fingerprint density at radius 3 is 2.73 bits per heavy atom. The summed E-state index contributed by atoms with van der Waals surface area (Å²) < 4.78 is 1.88. The zero-order valence-corrected chi connectivity index (χ0v) is 6.74. The van der Waals surface area contributed by atoms with Gasteiger partial charge in [-0.15, -0.1) is 0 Å². The quantitative estimate of drug-likeness (QED) is 0.559. The Bertz CT molecular complexity index is 238. The molecule has 0 aromatic rings. The predicted octanol–water partition coefficient (Wildman–Crippen LogP) is 0.503. The van der Waals surface area contributed by atoms with Gasteiger partial charge in [-0.3, -0.25) is 4.79 Å². The molecule has 0 saturated carbocycles. The van der Waals surface area contributed by atoms with Crippen molar-refractivity contribution >= 4 is 12.0 Å². The highest BCUT2D eigenvalue weighted by Crippen LogP contribution is 1.99. The number of allylic oxidation sites excluding steroid dienone is 1. The molecule has 3 nitrogen and oxygen atoms in total. The van der Waals surface area contributed by atoms with Crippen LogP contribution in [0.2, 0.25) is 0 Å². The predicted molar refractivity (Wildman–Crippen MR) is 42.0 cm³/mol. The van der Waals surface area contributed by atoms with Gasteiger partial charge in [-0.1, -0.05) is 0 Å². The van der Waals surface area contributed by atoms with Crippen LogP contribution in [0.3, 0.4) is 0 Å². The van der Waals surface area contributed by atoms with Crippen molar-refractivity contribution in [2.75, 3.05) is 6.54 Å². The first-order valence-corrected chi connectivity index (χ1v) is 3.64. The topological polar surface area (TPSA) is 40.3 Å². The van der Waals surface area contributed by atoms with E-state index in [1.165, 1.54) is 6.08 Å². The number of hydrogen-bond acceptors (Lipinski definition) is 2. The first kappa shape index (κ1) is 7.98. The fraction of sp³-hybridized carbons (Fsp3) is 0.500. The molecule has 0 saturated heterocycles. The van der Waals surface area contributed by atoms with Crippen LogP contribution in [0, 0.1) is 0 Å². The van der Waals surface area contributed by atoms with Crippen LogP contribution in [0.5, 0.6) is 0 Å². The van der Waals surface area contributed by atoms with E-state index in [0.717, 1.165) is 0 Å². The minimum Gasteiger partial charge on any atom is -0.504 e. The van der Waals surface area contributed by atoms with Gasteiger partial charge in [0, 0.05) is 6.08 Å². The molecule has 3 heteroatoms. The van der Waals surface area contributed by atoms with Crippen molar-refractivity contribution in [3.8, 4) is 0 Å². The van der Waals surface area contributed by atoms with Gasteiger partial charge in [0.15, 0.2) is 12.0 Å². The largest absolute Gasteiger partial charge is 0.504 e. The fourth-order valence-electron chi connectivity index (χ4n) is 0.914. The third kappa shape index (κ3) is 1.67. The van der Waals surface area contributed by atoms with Crippen LogP contribution in [0.25, 0.3) is 0 Å². The number of nitrogens with zero attached hydrogens (tertiary/aromatic N) is 1. The van der Waals surface area contributed by atoms with E-state index < -0.39 is 0 Å². The number of Topliss-reactive ketones (excluding diaryl/α,β-unsaturated/α-hetero) is 1. The summed E-state index contributed by atoms with van der Waals surface area (Å²) in [5.41, 5.74) is 0. The van der Waals surface area contributed by atoms with E-state index in [0.29, 0.717) is 12.6 Å². The average molecular weight is 154 g/mol. The van der Waals surface area contributed by atoms with Gasteiger partial charge in [0.1, 0.15) is 6.04 Å². The second kappa shape index (κ2) is 2.86. The van der Waals surface area contributed by atoms with Gasteiger partial charge >= 0.3 is 0 Å². The molecule has 0 radical (unpaired) electrons. The smallest absolute Gasteiger partial charge is 0.261 e. The van der Waals surface area contributed by atoms with Gasteiger partial charge in [0.25, 0.3) is 5.78 Å². The highest BCUT2D eigenvalue weighted by atomic mass is 16.3. The maximum absolute atomic E-state index is 10.9. The molecule has 1 heterocycles. The minimum atomic E-state index is -0.207. The van der Waals surface area contributed by atoms with E-state index in [1.54, 1.807) is 6.21 Å². The van der Waals surface area contributed by atoms with Crippen molar-refractivity contribution in [1.29, 1.82) is 0 Å². The summed E-state index contributed by atoms with van der Waals surface area (Å²) in [5.74, 6) is -0.344. The van der Waals surface area contributed by atoms with Gasteiger partial charge in [-0.05, 0) is 13.8 Å². The lowest BCUT2D eigenvalue weighted by molar-refractivity contribution is -0.543. The van der Waals surface area contributed by atoms with Crippen molar-refractivity contribution in [2.45, 2.75) is 19.9 Å². The summed E-state index contributed by atoms with van der Waals surface area (Å²) in [7, 11) is 0. The number of carbonyl (C=O) groups excluding carboxylic acids is 1. The minimum absolute atomic E-state index is 0.137. The molecule has 0 aromatic heterocycles. The summed E-state index contributed by atoms with van der Waals surface area (Å²) in [5, 5.41) is 8.93. The number of hydrogen-bond donors (Lipinski definition) is 1. The molecule has 60 valence electrons. The Balaban J connectivity index is 2.82. The SMILES string of the molecule is CC(C)[N+]1=CC=C(O)C(=O)C1. The zero-order chi connectivity index (χ0) is 8.43. The first-order chi connectivity index (χ1) is 5.11. The lowest BCUT2D eigenvalue weighted by Gasteiger charge is -2.08. The summed E-state index contributed by atoms with van der Waals surface area (Å²) in [6.45, 7) is 4.29. The Morgan fingerprint density at radius 1 is 1.64 bits per heavy atom. The monoisotopic (exact) mass is 154 g/mol. The van der Waals surface area contributed by atoms with Crippen molar-refractivity contribution < 1.29 is 14.5 Å². The van der Waals surface area contributed by atoms with Crippen molar-refractivity contribution in [3.05, 3.63) is 11.8 Å². The van der Waals surface area contributed by atoms with Crippen molar-refractivity contribution in [1.82, 2.24) is 0 Å². The van der Waals surface area contributed by atoms with Crippen LogP contribution in [-0.2, 0) is 4.79 Å². The van der Waals surface area contributed by atoms with Gasteiger partial charge in [0.2, 0.25) is 6.54 Å². The van der Waals surface area contributed by atoms with Crippen LogP contribution in [0.1, 0.15) is 13.8 Å². The van der Waals surface area contributed by atoms with E-state index in [9.17, 15) is 4.79 Å². The highest BCUT2D eigenvalue weighted by Gasteiger charge is 2.21. The number of rotatable bonds is 1. The molecule has 0 fully saturated rings. The molecular weight excluding hydrogens is 142 g/mol. The molecule has 1 aliphatic rings. The number of aliphatic hydroxyl groups is 1. The molecule has 0 unspecified atom stereocenters. The number of aliphatic hydroxyl groups excluding tert-OH is 1. The Morgan fingerprint density at radius 2 is 2.27 bits per heavy atom. The van der Waals surface area contributed by atoms with Crippen LogP contribution >= 0.6 is 0 Å². The third-order valence-corrected chi connectivity index (χ3v) is 1.70. The molecule has 1 aliphatic heterocycles. The van der Waals surface area contributed by atoms with Crippen LogP contribution in [0.4, 0.5) is 0 Å². The Labute approximate surface area is 65.7 Å². The fourth-order valence-corrected chi connectivity index (χ4v) is 0.914. The summed E-state index contributed by atoms with van der Waals surface area (Å²) >= 11 is 0. The summed E-state index contributed by atoms with van der Waals surface area (Å²) in [6, 6.07) is 0.309. The standard InChI is InChI=1S/C8H11NO2/c1-6(2)9-4-3-7(10)8(11)5-9/h3-4,6H,5H2,1-2H3/p+1. The second-order valence-electron chi connectivity index (χ2n) is 2.89. The highest BCUT2D eigenvalue weighted by molar-refractivity contribution is 5.98. The molecule has 0 spiro atoms. The van der Waals surface area contributed by atoms with Gasteiger partial charge in [-0.2, -0.15) is 0 Å². The normalized spacial score (nSPS) is 18.3. The lowest BCUT2D eigenvalue weighted by Crippen LogP contribution is -2.31. The molecule has 0 aliphatic carbocycles. The Hall–Kier alpha value is -1.12. The molecule has 1 rings (SSSR count). The molecule has 0 aromatic carbocycles. The molecule has 0 amide bonds. The van der Waals surface area contributed by atoms with E-state index in [4.69, 9.17) is 5.11 Å². The number of ketones is 1. The van der Waals surface area contributed by atoms with Gasteiger partial charge < -0.3 is 5.11 Å². The van der Waals surface area contributed by atoms with E-state index in [-0.39, 0.29) is 11.5 Å². The lowest BCUT2D eigenvalue weighted by atomic mass is 10.2. The third-order valence-electron chi connectivity index (χ3n) is 1.70. The number of carbonyl (C=O) groups is 1. The van der Waals surface area contributed by atoms with E-state index in [2.05, 4.69) is 0 Å². The van der Waals surface area contributed by atoms with Crippen LogP contribution in [0.15, 0.2) is 11.8 Å². The molecule has 0 atom stereocenters. The van der Waals surface area contributed by atoms with Gasteiger partial charge in [0.05, 0.1) is 0 Å². The molecular formula is C8H12NO2+. The van der Waals surface area contributed by atoms with Crippen molar-refractivity contribution in [3.63, 3.8) is 0 Å². The maximum atomic E-state index is 10.9. The van der Waals surface area contributed by atoms with Crippen molar-refractivity contribution in [2.24, 2.45) is 0 Å². The Kier molecular flexibility index (Phi) is 2.08. The van der Waals surface area contributed by atoms with Crippen LogP contribution < -0.4 is 0 Å². The summed E-state index contributed by atoms with van der Waals surface area (Å²) in [4.78, 5) is 10.9. The van der Waals surface area contributed by atoms with Gasteiger partial charge in [-0.25, -0.2) is 4.58 Å². The van der Waals surface area contributed by atoms with E-state index in [1.807, 2.05) is 18.4 Å². The first-order valence-electron chi connectivity index (χ1n) is 3.64.